The van der Waals surface area contributed by atoms with Crippen molar-refractivity contribution in [3.05, 3.63) is 11.7 Å². The molecule has 0 bridgehead atoms. The summed E-state index contributed by atoms with van der Waals surface area (Å²) in [7, 11) is 0. The molecule has 2 aliphatic rings. The Bertz CT molecular complexity index is 368. The van der Waals surface area contributed by atoms with Gasteiger partial charge in [0.1, 0.15) is 0 Å². The quantitative estimate of drug-likeness (QED) is 0.890. The van der Waals surface area contributed by atoms with E-state index in [4.69, 9.17) is 9.26 Å². The molecule has 0 radical (unpaired) electrons. The highest BCUT2D eigenvalue weighted by molar-refractivity contribution is 4.95. The molecule has 2 unspecified atom stereocenters. The standard InChI is InChI=1S/C13H21N3O2/c1-3-7-14-11(6-1)13-15-12(16-18-13)9-10-5-2-4-8-17-10/h10-11,14H,1-9H2. The van der Waals surface area contributed by atoms with Crippen LogP contribution < -0.4 is 5.32 Å². The lowest BCUT2D eigenvalue weighted by molar-refractivity contribution is 0.0153. The summed E-state index contributed by atoms with van der Waals surface area (Å²) >= 11 is 0. The molecular formula is C13H21N3O2. The van der Waals surface area contributed by atoms with Crippen molar-refractivity contribution in [2.24, 2.45) is 0 Å². The number of rotatable bonds is 3. The van der Waals surface area contributed by atoms with Gasteiger partial charge in [0, 0.05) is 13.0 Å². The van der Waals surface area contributed by atoms with Crippen LogP contribution in [-0.2, 0) is 11.2 Å². The molecule has 3 heterocycles. The number of piperidine rings is 1. The Labute approximate surface area is 107 Å². The van der Waals surface area contributed by atoms with Gasteiger partial charge in [-0.05, 0) is 38.6 Å². The lowest BCUT2D eigenvalue weighted by Gasteiger charge is -2.21. The fourth-order valence-corrected chi connectivity index (χ4v) is 2.73. The van der Waals surface area contributed by atoms with Crippen molar-refractivity contribution < 1.29 is 9.26 Å². The van der Waals surface area contributed by atoms with Gasteiger partial charge in [-0.25, -0.2) is 0 Å². The first-order valence-electron chi connectivity index (χ1n) is 7.09. The van der Waals surface area contributed by atoms with Crippen LogP contribution in [0.25, 0.3) is 0 Å². The van der Waals surface area contributed by atoms with E-state index in [1.165, 1.54) is 25.7 Å². The summed E-state index contributed by atoms with van der Waals surface area (Å²) < 4.78 is 11.1. The fraction of sp³-hybridized carbons (Fsp3) is 0.846. The van der Waals surface area contributed by atoms with Crippen molar-refractivity contribution in [2.45, 2.75) is 57.1 Å². The van der Waals surface area contributed by atoms with Crippen LogP contribution in [0, 0.1) is 0 Å². The zero-order chi connectivity index (χ0) is 12.2. The minimum Gasteiger partial charge on any atom is -0.378 e. The second-order valence-corrected chi connectivity index (χ2v) is 5.24. The molecule has 0 amide bonds. The maximum Gasteiger partial charge on any atom is 0.243 e. The third-order valence-electron chi connectivity index (χ3n) is 3.78. The predicted octanol–water partition coefficient (Wildman–Crippen LogP) is 2.00. The molecule has 0 aliphatic carbocycles. The van der Waals surface area contributed by atoms with Gasteiger partial charge in [-0.2, -0.15) is 4.98 Å². The first kappa shape index (κ1) is 12.1. The van der Waals surface area contributed by atoms with Crippen LogP contribution in [-0.4, -0.2) is 29.4 Å². The second-order valence-electron chi connectivity index (χ2n) is 5.24. The highest BCUT2D eigenvalue weighted by Gasteiger charge is 2.22. The van der Waals surface area contributed by atoms with Gasteiger partial charge in [-0.3, -0.25) is 0 Å². The van der Waals surface area contributed by atoms with Crippen LogP contribution in [0.1, 0.15) is 56.3 Å². The molecule has 0 spiro atoms. The summed E-state index contributed by atoms with van der Waals surface area (Å²) in [6.45, 7) is 1.92. The van der Waals surface area contributed by atoms with Gasteiger partial charge in [0.2, 0.25) is 5.89 Å². The minimum atomic E-state index is 0.257. The summed E-state index contributed by atoms with van der Waals surface area (Å²) in [5.74, 6) is 1.55. The second kappa shape index (κ2) is 5.80. The van der Waals surface area contributed by atoms with Crippen molar-refractivity contribution in [3.63, 3.8) is 0 Å². The van der Waals surface area contributed by atoms with Crippen molar-refractivity contribution in [1.29, 1.82) is 0 Å². The molecule has 3 rings (SSSR count). The topological polar surface area (TPSA) is 60.2 Å². The molecule has 1 N–H and O–H groups in total. The van der Waals surface area contributed by atoms with E-state index in [9.17, 15) is 0 Å². The zero-order valence-corrected chi connectivity index (χ0v) is 10.7. The predicted molar refractivity (Wildman–Crippen MR) is 66.2 cm³/mol. The van der Waals surface area contributed by atoms with E-state index in [1.807, 2.05) is 0 Å². The van der Waals surface area contributed by atoms with Crippen LogP contribution in [0.15, 0.2) is 4.52 Å². The molecule has 100 valence electrons. The van der Waals surface area contributed by atoms with E-state index in [1.54, 1.807) is 0 Å². The normalized spacial score (nSPS) is 29.3. The average Bonchev–Trinajstić information content (AvgIpc) is 2.89. The lowest BCUT2D eigenvalue weighted by Crippen LogP contribution is -2.27. The molecule has 1 aromatic heterocycles. The molecule has 2 saturated heterocycles. The Morgan fingerprint density at radius 2 is 2.11 bits per heavy atom. The summed E-state index contributed by atoms with van der Waals surface area (Å²) in [6.07, 6.45) is 8.20. The highest BCUT2D eigenvalue weighted by atomic mass is 16.5. The lowest BCUT2D eigenvalue weighted by atomic mass is 10.0. The maximum absolute atomic E-state index is 5.70. The summed E-state index contributed by atoms with van der Waals surface area (Å²) in [5, 5.41) is 7.50. The Kier molecular flexibility index (Phi) is 3.90. The van der Waals surface area contributed by atoms with Gasteiger partial charge in [0.15, 0.2) is 5.82 Å². The van der Waals surface area contributed by atoms with Gasteiger partial charge in [-0.1, -0.05) is 11.6 Å². The third kappa shape index (κ3) is 2.90. The van der Waals surface area contributed by atoms with Crippen LogP contribution in [0.4, 0.5) is 0 Å². The molecule has 0 saturated carbocycles. The van der Waals surface area contributed by atoms with Crippen molar-refractivity contribution in [1.82, 2.24) is 15.5 Å². The van der Waals surface area contributed by atoms with Crippen molar-refractivity contribution in [2.75, 3.05) is 13.2 Å². The van der Waals surface area contributed by atoms with Gasteiger partial charge >= 0.3 is 0 Å². The number of nitrogens with zero attached hydrogens (tertiary/aromatic N) is 2. The van der Waals surface area contributed by atoms with Crippen LogP contribution >= 0.6 is 0 Å². The van der Waals surface area contributed by atoms with Crippen LogP contribution in [0.3, 0.4) is 0 Å². The Hall–Kier alpha value is -0.940. The molecule has 18 heavy (non-hydrogen) atoms. The van der Waals surface area contributed by atoms with E-state index in [-0.39, 0.29) is 12.1 Å². The first-order chi connectivity index (χ1) is 8.92. The smallest absolute Gasteiger partial charge is 0.243 e. The highest BCUT2D eigenvalue weighted by Crippen LogP contribution is 2.22. The van der Waals surface area contributed by atoms with Crippen LogP contribution in [0.5, 0.6) is 0 Å². The van der Waals surface area contributed by atoms with E-state index >= 15 is 0 Å². The summed E-state index contributed by atoms with van der Waals surface area (Å²) in [4.78, 5) is 4.51. The number of aromatic nitrogens is 2. The Morgan fingerprint density at radius 3 is 2.89 bits per heavy atom. The number of nitrogens with one attached hydrogen (secondary N) is 1. The van der Waals surface area contributed by atoms with Crippen LogP contribution in [0.2, 0.25) is 0 Å². The molecule has 0 aromatic carbocycles. The minimum absolute atomic E-state index is 0.257. The molecule has 1 aromatic rings. The van der Waals surface area contributed by atoms with E-state index in [2.05, 4.69) is 15.5 Å². The SMILES string of the molecule is C1CCC(c2nc(CC3CCCCO3)no2)NC1. The maximum atomic E-state index is 5.70. The van der Waals surface area contributed by atoms with Crippen molar-refractivity contribution in [3.8, 4) is 0 Å². The van der Waals surface area contributed by atoms with E-state index in [0.717, 1.165) is 44.1 Å². The van der Waals surface area contributed by atoms with E-state index in [0.29, 0.717) is 0 Å². The molecular weight excluding hydrogens is 230 g/mol. The first-order valence-corrected chi connectivity index (χ1v) is 7.09. The Balaban J connectivity index is 1.58. The number of hydrogen-bond acceptors (Lipinski definition) is 5. The average molecular weight is 251 g/mol. The van der Waals surface area contributed by atoms with Crippen molar-refractivity contribution >= 4 is 0 Å². The van der Waals surface area contributed by atoms with Gasteiger partial charge < -0.3 is 14.6 Å². The zero-order valence-electron chi connectivity index (χ0n) is 10.7. The van der Waals surface area contributed by atoms with Gasteiger partial charge in [-0.15, -0.1) is 0 Å². The van der Waals surface area contributed by atoms with E-state index < -0.39 is 0 Å². The monoisotopic (exact) mass is 251 g/mol. The number of hydrogen-bond donors (Lipinski definition) is 1. The van der Waals surface area contributed by atoms with Gasteiger partial charge in [0.25, 0.3) is 0 Å². The Morgan fingerprint density at radius 1 is 1.17 bits per heavy atom. The summed E-state index contributed by atoms with van der Waals surface area (Å²) in [5.41, 5.74) is 0. The fourth-order valence-electron chi connectivity index (χ4n) is 2.73. The summed E-state index contributed by atoms with van der Waals surface area (Å²) in [6, 6.07) is 0.257. The molecule has 2 atom stereocenters. The molecule has 5 heteroatoms. The van der Waals surface area contributed by atoms with Gasteiger partial charge in [0.05, 0.1) is 12.1 Å². The molecule has 5 nitrogen and oxygen atoms in total. The molecule has 2 aliphatic heterocycles. The largest absolute Gasteiger partial charge is 0.378 e. The number of ether oxygens (including phenoxy) is 1. The third-order valence-corrected chi connectivity index (χ3v) is 3.78. The molecule has 2 fully saturated rings.